The molecule has 1 fully saturated rings. The van der Waals surface area contributed by atoms with Gasteiger partial charge in [0.2, 0.25) is 5.91 Å². The number of hydrogen-bond acceptors (Lipinski definition) is 2. The molecule has 1 heterocycles. The van der Waals surface area contributed by atoms with Gasteiger partial charge < -0.3 is 10.6 Å². The molecule has 0 bridgehead atoms. The fourth-order valence-corrected chi connectivity index (χ4v) is 2.49. The number of benzene rings is 1. The Kier molecular flexibility index (Phi) is 3.47. The summed E-state index contributed by atoms with van der Waals surface area (Å²) in [6.07, 6.45) is 1.49. The van der Waals surface area contributed by atoms with Crippen LogP contribution < -0.4 is 5.73 Å². The molecule has 0 aliphatic carbocycles. The number of amides is 2. The molecule has 2 N–H and O–H groups in total. The molecule has 2 amide bonds. The molecule has 1 aliphatic heterocycles. The van der Waals surface area contributed by atoms with Crippen LogP contribution in [0, 0.1) is 0 Å². The van der Waals surface area contributed by atoms with Crippen molar-refractivity contribution in [2.45, 2.75) is 18.9 Å². The largest absolute Gasteiger partial charge is 0.368 e. The lowest BCUT2D eigenvalue weighted by molar-refractivity contribution is -0.121. The average Bonchev–Trinajstić information content (AvgIpc) is 2.77. The number of primary amides is 1. The van der Waals surface area contributed by atoms with E-state index in [-0.39, 0.29) is 5.91 Å². The van der Waals surface area contributed by atoms with Gasteiger partial charge in [-0.3, -0.25) is 9.59 Å². The summed E-state index contributed by atoms with van der Waals surface area (Å²) >= 11 is 3.32. The highest BCUT2D eigenvalue weighted by Gasteiger charge is 2.32. The summed E-state index contributed by atoms with van der Waals surface area (Å²) in [6, 6.07) is 6.68. The number of rotatable bonds is 2. The molecular formula is C12H13BrN2O2. The zero-order valence-corrected chi connectivity index (χ0v) is 10.8. The molecule has 2 rings (SSSR count). The van der Waals surface area contributed by atoms with Crippen LogP contribution in [0.4, 0.5) is 0 Å². The van der Waals surface area contributed by atoms with Crippen LogP contribution >= 0.6 is 15.9 Å². The van der Waals surface area contributed by atoms with Crippen LogP contribution in [-0.2, 0) is 4.79 Å². The van der Waals surface area contributed by atoms with Gasteiger partial charge in [0.15, 0.2) is 0 Å². The van der Waals surface area contributed by atoms with Gasteiger partial charge in [-0.2, -0.15) is 0 Å². The summed E-state index contributed by atoms with van der Waals surface area (Å²) in [5.41, 5.74) is 5.87. The molecule has 17 heavy (non-hydrogen) atoms. The molecule has 0 unspecified atom stereocenters. The minimum Gasteiger partial charge on any atom is -0.368 e. The van der Waals surface area contributed by atoms with E-state index in [4.69, 9.17) is 5.73 Å². The Morgan fingerprint density at radius 3 is 2.82 bits per heavy atom. The van der Waals surface area contributed by atoms with E-state index in [1.165, 1.54) is 0 Å². The van der Waals surface area contributed by atoms with Crippen molar-refractivity contribution < 1.29 is 9.59 Å². The highest BCUT2D eigenvalue weighted by atomic mass is 79.9. The quantitative estimate of drug-likeness (QED) is 0.900. The Morgan fingerprint density at radius 1 is 1.41 bits per heavy atom. The van der Waals surface area contributed by atoms with Crippen LogP contribution in [0.5, 0.6) is 0 Å². The Labute approximate surface area is 108 Å². The van der Waals surface area contributed by atoms with Crippen molar-refractivity contribution in [1.29, 1.82) is 0 Å². The van der Waals surface area contributed by atoms with Gasteiger partial charge in [0.05, 0.1) is 0 Å². The second kappa shape index (κ2) is 4.87. The third-order valence-electron chi connectivity index (χ3n) is 2.91. The number of carbonyl (C=O) groups is 2. The smallest absolute Gasteiger partial charge is 0.254 e. The molecule has 0 radical (unpaired) electrons. The van der Waals surface area contributed by atoms with Crippen molar-refractivity contribution in [2.75, 3.05) is 6.54 Å². The van der Waals surface area contributed by atoms with E-state index < -0.39 is 11.9 Å². The van der Waals surface area contributed by atoms with Crippen molar-refractivity contribution in [2.24, 2.45) is 5.73 Å². The first-order valence-electron chi connectivity index (χ1n) is 5.45. The van der Waals surface area contributed by atoms with Crippen molar-refractivity contribution in [3.8, 4) is 0 Å². The van der Waals surface area contributed by atoms with E-state index in [2.05, 4.69) is 15.9 Å². The minimum absolute atomic E-state index is 0.132. The summed E-state index contributed by atoms with van der Waals surface area (Å²) in [7, 11) is 0. The number of likely N-dealkylation sites (tertiary alicyclic amines) is 1. The van der Waals surface area contributed by atoms with E-state index >= 15 is 0 Å². The van der Waals surface area contributed by atoms with Crippen LogP contribution in [0.2, 0.25) is 0 Å². The lowest BCUT2D eigenvalue weighted by Gasteiger charge is -2.22. The standard InChI is InChI=1S/C12H13BrN2O2/c13-9-4-1-3-8(7-9)12(17)15-6-2-5-10(15)11(14)16/h1,3-4,7,10H,2,5-6H2,(H2,14,16)/t10-/m0/s1. The van der Waals surface area contributed by atoms with Crippen molar-refractivity contribution in [3.05, 3.63) is 34.3 Å². The highest BCUT2D eigenvalue weighted by molar-refractivity contribution is 9.10. The van der Waals surface area contributed by atoms with E-state index in [0.29, 0.717) is 18.5 Å². The zero-order chi connectivity index (χ0) is 12.4. The van der Waals surface area contributed by atoms with Crippen LogP contribution in [0.15, 0.2) is 28.7 Å². The molecule has 1 aromatic rings. The topological polar surface area (TPSA) is 63.4 Å². The van der Waals surface area contributed by atoms with Gasteiger partial charge in [0, 0.05) is 16.6 Å². The number of hydrogen-bond donors (Lipinski definition) is 1. The van der Waals surface area contributed by atoms with Crippen LogP contribution in [-0.4, -0.2) is 29.3 Å². The monoisotopic (exact) mass is 296 g/mol. The molecular weight excluding hydrogens is 284 g/mol. The van der Waals surface area contributed by atoms with Crippen LogP contribution in [0.25, 0.3) is 0 Å². The van der Waals surface area contributed by atoms with Gasteiger partial charge in [-0.25, -0.2) is 0 Å². The molecule has 1 aromatic carbocycles. The van der Waals surface area contributed by atoms with Gasteiger partial charge in [-0.15, -0.1) is 0 Å². The lowest BCUT2D eigenvalue weighted by atomic mass is 10.1. The molecule has 1 atom stereocenters. The third-order valence-corrected chi connectivity index (χ3v) is 3.41. The summed E-state index contributed by atoms with van der Waals surface area (Å²) in [6.45, 7) is 0.596. The molecule has 0 aromatic heterocycles. The summed E-state index contributed by atoms with van der Waals surface area (Å²) in [5, 5.41) is 0. The van der Waals surface area contributed by atoms with E-state index in [0.717, 1.165) is 10.9 Å². The normalized spacial score (nSPS) is 19.4. The Bertz CT molecular complexity index is 462. The molecule has 5 heteroatoms. The molecule has 1 saturated heterocycles. The number of halogens is 1. The van der Waals surface area contributed by atoms with Crippen molar-refractivity contribution >= 4 is 27.7 Å². The van der Waals surface area contributed by atoms with Gasteiger partial charge in [-0.05, 0) is 31.0 Å². The first-order valence-corrected chi connectivity index (χ1v) is 6.25. The molecule has 1 aliphatic rings. The fraction of sp³-hybridized carbons (Fsp3) is 0.333. The summed E-state index contributed by atoms with van der Waals surface area (Å²) in [4.78, 5) is 25.0. The van der Waals surface area contributed by atoms with Gasteiger partial charge >= 0.3 is 0 Å². The minimum atomic E-state index is -0.457. The number of carbonyl (C=O) groups excluding carboxylic acids is 2. The van der Waals surface area contributed by atoms with Gasteiger partial charge in [0.25, 0.3) is 5.91 Å². The zero-order valence-electron chi connectivity index (χ0n) is 9.23. The number of nitrogens with two attached hydrogens (primary N) is 1. The van der Waals surface area contributed by atoms with Crippen molar-refractivity contribution in [3.63, 3.8) is 0 Å². The Balaban J connectivity index is 2.23. The maximum atomic E-state index is 12.2. The van der Waals surface area contributed by atoms with E-state index in [1.54, 1.807) is 23.1 Å². The lowest BCUT2D eigenvalue weighted by Crippen LogP contribution is -2.43. The first kappa shape index (κ1) is 12.1. The second-order valence-electron chi connectivity index (χ2n) is 4.07. The molecule has 90 valence electrons. The highest BCUT2D eigenvalue weighted by Crippen LogP contribution is 2.21. The van der Waals surface area contributed by atoms with Crippen LogP contribution in [0.3, 0.4) is 0 Å². The van der Waals surface area contributed by atoms with Crippen molar-refractivity contribution in [1.82, 2.24) is 4.90 Å². The van der Waals surface area contributed by atoms with E-state index in [9.17, 15) is 9.59 Å². The number of nitrogens with zero attached hydrogens (tertiary/aromatic N) is 1. The predicted molar refractivity (Wildman–Crippen MR) is 67.4 cm³/mol. The van der Waals surface area contributed by atoms with Crippen LogP contribution in [0.1, 0.15) is 23.2 Å². The SMILES string of the molecule is NC(=O)[C@@H]1CCCN1C(=O)c1cccc(Br)c1. The Hall–Kier alpha value is -1.36. The molecule has 0 spiro atoms. The third kappa shape index (κ3) is 2.49. The Morgan fingerprint density at radius 2 is 2.18 bits per heavy atom. The average molecular weight is 297 g/mol. The second-order valence-corrected chi connectivity index (χ2v) is 4.98. The summed E-state index contributed by atoms with van der Waals surface area (Å²) < 4.78 is 0.846. The maximum Gasteiger partial charge on any atom is 0.254 e. The summed E-state index contributed by atoms with van der Waals surface area (Å²) in [5.74, 6) is -0.557. The first-order chi connectivity index (χ1) is 8.09. The van der Waals surface area contributed by atoms with Gasteiger partial charge in [-0.1, -0.05) is 22.0 Å². The van der Waals surface area contributed by atoms with E-state index in [1.807, 2.05) is 6.07 Å². The fourth-order valence-electron chi connectivity index (χ4n) is 2.09. The predicted octanol–water partition coefficient (Wildman–Crippen LogP) is 1.54. The molecule has 0 saturated carbocycles. The molecule has 4 nitrogen and oxygen atoms in total. The maximum absolute atomic E-state index is 12.2. The van der Waals surface area contributed by atoms with Gasteiger partial charge in [0.1, 0.15) is 6.04 Å².